The normalized spacial score (nSPS) is 10.7. The van der Waals surface area contributed by atoms with Crippen LogP contribution in [0.25, 0.3) is 10.4 Å². The molecule has 7 heteroatoms. The lowest BCUT2D eigenvalue weighted by Crippen LogP contribution is -2.17. The maximum absolute atomic E-state index is 11.9. The molecule has 0 aromatic heterocycles. The Kier molecular flexibility index (Phi) is 3.06. The highest BCUT2D eigenvalue weighted by atomic mass is 19.4. The van der Waals surface area contributed by atoms with Gasteiger partial charge in [0.25, 0.3) is 0 Å². The fourth-order valence-electron chi connectivity index (χ4n) is 1.03. The highest BCUT2D eigenvalue weighted by molar-refractivity contribution is 5.46. The number of ether oxygens (including phenoxy) is 1. The van der Waals surface area contributed by atoms with Crippen molar-refractivity contribution in [3.05, 3.63) is 34.2 Å². The third-order valence-electron chi connectivity index (χ3n) is 1.43. The van der Waals surface area contributed by atoms with Crippen LogP contribution in [0.2, 0.25) is 0 Å². The van der Waals surface area contributed by atoms with Crippen LogP contribution >= 0.6 is 0 Å². The molecule has 0 spiro atoms. The van der Waals surface area contributed by atoms with E-state index >= 15 is 0 Å². The highest BCUT2D eigenvalue weighted by Gasteiger charge is 2.31. The Morgan fingerprint density at radius 2 is 2.00 bits per heavy atom. The quantitative estimate of drug-likeness (QED) is 0.421. The summed E-state index contributed by atoms with van der Waals surface area (Å²) in [5, 5.41) is 3.19. The van der Waals surface area contributed by atoms with Crippen LogP contribution in [-0.2, 0) is 0 Å². The maximum atomic E-state index is 11.9. The van der Waals surface area contributed by atoms with Crippen LogP contribution in [0.3, 0.4) is 0 Å². The highest BCUT2D eigenvalue weighted by Crippen LogP contribution is 2.28. The van der Waals surface area contributed by atoms with Crippen molar-refractivity contribution in [3.63, 3.8) is 0 Å². The van der Waals surface area contributed by atoms with Gasteiger partial charge in [-0.15, -0.1) is 13.2 Å². The molecule has 15 heavy (non-hydrogen) atoms. The SMILES string of the molecule is Cc1cc(N=[N+]=[N-])cc(OC(F)(F)F)c1. The Hall–Kier alpha value is -1.88. The van der Waals surface area contributed by atoms with Crippen LogP contribution in [0, 0.1) is 6.92 Å². The van der Waals surface area contributed by atoms with Crippen molar-refractivity contribution in [3.8, 4) is 5.75 Å². The van der Waals surface area contributed by atoms with Gasteiger partial charge in [-0.05, 0) is 36.2 Å². The molecule has 0 saturated carbocycles. The van der Waals surface area contributed by atoms with E-state index in [0.29, 0.717) is 5.56 Å². The van der Waals surface area contributed by atoms with Gasteiger partial charge in [-0.25, -0.2) is 0 Å². The summed E-state index contributed by atoms with van der Waals surface area (Å²) in [4.78, 5) is 2.47. The van der Waals surface area contributed by atoms with E-state index in [9.17, 15) is 13.2 Å². The van der Waals surface area contributed by atoms with Crippen LogP contribution in [0.15, 0.2) is 23.3 Å². The van der Waals surface area contributed by atoms with E-state index in [0.717, 1.165) is 6.07 Å². The standard InChI is InChI=1S/C8H6F3N3O/c1-5-2-6(13-14-12)4-7(3-5)15-8(9,10)11/h2-4H,1H3. The lowest BCUT2D eigenvalue weighted by atomic mass is 10.2. The van der Waals surface area contributed by atoms with Gasteiger partial charge in [0.1, 0.15) is 5.75 Å². The molecule has 0 amide bonds. The van der Waals surface area contributed by atoms with Gasteiger partial charge in [-0.2, -0.15) is 0 Å². The summed E-state index contributed by atoms with van der Waals surface area (Å²) in [5.41, 5.74) is 8.72. The Balaban J connectivity index is 3.04. The Labute approximate surface area is 82.9 Å². The first kappa shape index (κ1) is 11.2. The number of benzene rings is 1. The molecule has 0 unspecified atom stereocenters. The molecule has 80 valence electrons. The van der Waals surface area contributed by atoms with Crippen molar-refractivity contribution in [2.45, 2.75) is 13.3 Å². The molecule has 4 nitrogen and oxygen atoms in total. The summed E-state index contributed by atoms with van der Waals surface area (Å²) in [5.74, 6) is -0.398. The van der Waals surface area contributed by atoms with Crippen molar-refractivity contribution in [2.24, 2.45) is 5.11 Å². The summed E-state index contributed by atoms with van der Waals surface area (Å²) >= 11 is 0. The van der Waals surface area contributed by atoms with E-state index in [-0.39, 0.29) is 5.69 Å². The van der Waals surface area contributed by atoms with Gasteiger partial charge in [0.2, 0.25) is 0 Å². The lowest BCUT2D eigenvalue weighted by molar-refractivity contribution is -0.274. The molecular formula is C8H6F3N3O. The zero-order valence-electron chi connectivity index (χ0n) is 7.62. The molecule has 0 radical (unpaired) electrons. The number of halogens is 3. The minimum absolute atomic E-state index is 0.0803. The topological polar surface area (TPSA) is 58.0 Å². The van der Waals surface area contributed by atoms with Crippen molar-refractivity contribution >= 4 is 5.69 Å². The van der Waals surface area contributed by atoms with Crippen molar-refractivity contribution in [1.29, 1.82) is 0 Å². The first-order chi connectivity index (χ1) is 6.90. The average Bonchev–Trinajstić information content (AvgIpc) is 1.99. The van der Waals surface area contributed by atoms with E-state index in [1.54, 1.807) is 6.92 Å². The third-order valence-corrected chi connectivity index (χ3v) is 1.43. The fraction of sp³-hybridized carbons (Fsp3) is 0.250. The second-order valence-electron chi connectivity index (χ2n) is 2.74. The van der Waals surface area contributed by atoms with E-state index in [1.807, 2.05) is 0 Å². The number of nitrogens with zero attached hydrogens (tertiary/aromatic N) is 3. The number of azide groups is 1. The minimum atomic E-state index is -4.75. The van der Waals surface area contributed by atoms with Gasteiger partial charge in [0, 0.05) is 10.6 Å². The van der Waals surface area contributed by atoms with Gasteiger partial charge >= 0.3 is 6.36 Å². The maximum Gasteiger partial charge on any atom is 0.573 e. The molecule has 0 bridgehead atoms. The van der Waals surface area contributed by atoms with Crippen LogP contribution < -0.4 is 4.74 Å². The summed E-state index contributed by atoms with van der Waals surface area (Å²) in [6.45, 7) is 1.57. The van der Waals surface area contributed by atoms with Crippen molar-refractivity contribution in [1.82, 2.24) is 0 Å². The molecular weight excluding hydrogens is 211 g/mol. The van der Waals surface area contributed by atoms with Crippen LogP contribution in [-0.4, -0.2) is 6.36 Å². The summed E-state index contributed by atoms with van der Waals surface area (Å²) in [7, 11) is 0. The molecule has 0 fully saturated rings. The average molecular weight is 217 g/mol. The van der Waals surface area contributed by atoms with E-state index in [1.165, 1.54) is 12.1 Å². The van der Waals surface area contributed by atoms with Crippen molar-refractivity contribution < 1.29 is 17.9 Å². The molecule has 0 saturated heterocycles. The van der Waals surface area contributed by atoms with Crippen LogP contribution in [0.4, 0.5) is 18.9 Å². The first-order valence-corrected chi connectivity index (χ1v) is 3.83. The minimum Gasteiger partial charge on any atom is -0.406 e. The molecule has 0 aliphatic carbocycles. The van der Waals surface area contributed by atoms with Gasteiger partial charge in [-0.1, -0.05) is 5.11 Å². The molecule has 0 N–H and O–H groups in total. The first-order valence-electron chi connectivity index (χ1n) is 3.83. The van der Waals surface area contributed by atoms with Gasteiger partial charge < -0.3 is 4.74 Å². The van der Waals surface area contributed by atoms with Crippen molar-refractivity contribution in [2.75, 3.05) is 0 Å². The Bertz CT molecular complexity index is 410. The number of hydrogen-bond donors (Lipinski definition) is 0. The third kappa shape index (κ3) is 3.78. The number of hydrogen-bond acceptors (Lipinski definition) is 2. The number of alkyl halides is 3. The summed E-state index contributed by atoms with van der Waals surface area (Å²) in [6, 6.07) is 3.66. The molecule has 0 heterocycles. The number of aryl methyl sites for hydroxylation is 1. The van der Waals surface area contributed by atoms with E-state index < -0.39 is 12.1 Å². The molecule has 0 aliphatic heterocycles. The predicted octanol–water partition coefficient (Wildman–Crippen LogP) is 3.84. The predicted molar refractivity (Wildman–Crippen MR) is 46.7 cm³/mol. The summed E-state index contributed by atoms with van der Waals surface area (Å²) < 4.78 is 39.3. The monoisotopic (exact) mass is 217 g/mol. The smallest absolute Gasteiger partial charge is 0.406 e. The summed E-state index contributed by atoms with van der Waals surface area (Å²) in [6.07, 6.45) is -4.75. The molecule has 0 atom stereocenters. The van der Waals surface area contributed by atoms with Gasteiger partial charge in [-0.3, -0.25) is 0 Å². The molecule has 0 aliphatic rings. The lowest BCUT2D eigenvalue weighted by Gasteiger charge is -2.09. The number of rotatable bonds is 2. The molecule has 1 aromatic rings. The Morgan fingerprint density at radius 3 is 2.53 bits per heavy atom. The zero-order chi connectivity index (χ0) is 11.5. The fourth-order valence-corrected chi connectivity index (χ4v) is 1.03. The van der Waals surface area contributed by atoms with E-state index in [2.05, 4.69) is 14.8 Å². The van der Waals surface area contributed by atoms with Gasteiger partial charge in [0.15, 0.2) is 0 Å². The van der Waals surface area contributed by atoms with Crippen LogP contribution in [0.5, 0.6) is 5.75 Å². The Morgan fingerprint density at radius 1 is 1.33 bits per heavy atom. The molecule has 1 aromatic carbocycles. The van der Waals surface area contributed by atoms with Crippen LogP contribution in [0.1, 0.15) is 5.56 Å². The largest absolute Gasteiger partial charge is 0.573 e. The zero-order valence-corrected chi connectivity index (χ0v) is 7.62. The van der Waals surface area contributed by atoms with Gasteiger partial charge in [0.05, 0.1) is 0 Å². The second-order valence-corrected chi connectivity index (χ2v) is 2.74. The molecule has 1 rings (SSSR count). The second kappa shape index (κ2) is 4.10. The van der Waals surface area contributed by atoms with E-state index in [4.69, 9.17) is 5.53 Å².